The van der Waals surface area contributed by atoms with Crippen LogP contribution in [0.3, 0.4) is 0 Å². The highest BCUT2D eigenvalue weighted by molar-refractivity contribution is 5.99. The third-order valence-electron chi connectivity index (χ3n) is 6.58. The molecule has 5 aromatic carbocycles. The molecule has 0 unspecified atom stereocenters. The normalized spacial score (nSPS) is 12.5. The topological polar surface area (TPSA) is 3.24 Å². The number of anilines is 2. The molecule has 1 nitrogen and oxygen atoms in total. The van der Waals surface area contributed by atoms with E-state index in [4.69, 9.17) is 0 Å². The molecule has 0 N–H and O–H groups in total. The molecule has 0 amide bonds. The van der Waals surface area contributed by atoms with Gasteiger partial charge in [0, 0.05) is 29.7 Å². The maximum Gasteiger partial charge on any atom is 0.0487 e. The molecule has 0 bridgehead atoms. The van der Waals surface area contributed by atoms with Crippen LogP contribution in [-0.4, -0.2) is 7.05 Å². The van der Waals surface area contributed by atoms with Crippen molar-refractivity contribution in [1.29, 1.82) is 0 Å². The van der Waals surface area contributed by atoms with E-state index in [1.165, 1.54) is 50.0 Å². The van der Waals surface area contributed by atoms with Gasteiger partial charge in [-0.3, -0.25) is 0 Å². The number of fused-ring (bicyclic) bond motifs is 4. The van der Waals surface area contributed by atoms with Crippen molar-refractivity contribution in [3.63, 3.8) is 0 Å². The predicted octanol–water partition coefficient (Wildman–Crippen LogP) is 7.77. The highest BCUT2D eigenvalue weighted by atomic mass is 15.1. The van der Waals surface area contributed by atoms with E-state index < -0.39 is 0 Å². The van der Waals surface area contributed by atoms with Gasteiger partial charge >= 0.3 is 0 Å². The van der Waals surface area contributed by atoms with Crippen LogP contribution in [0.2, 0.25) is 0 Å². The maximum atomic E-state index is 2.30. The molecule has 0 saturated heterocycles. The molecule has 148 valence electrons. The lowest BCUT2D eigenvalue weighted by Crippen LogP contribution is -2.10. The largest absolute Gasteiger partial charge is 0.344 e. The molecular weight excluding hydrogens is 374 g/mol. The Balaban J connectivity index is 1.58. The summed E-state index contributed by atoms with van der Waals surface area (Å²) in [6.45, 7) is 0. The minimum absolute atomic E-state index is 0.258. The second kappa shape index (κ2) is 7.14. The summed E-state index contributed by atoms with van der Waals surface area (Å²) in [5.41, 5.74) is 9.31. The number of para-hydroxylation sites is 1. The van der Waals surface area contributed by atoms with Crippen molar-refractivity contribution in [3.05, 3.63) is 132 Å². The van der Waals surface area contributed by atoms with Crippen LogP contribution < -0.4 is 4.90 Å². The number of hydrogen-bond donors (Lipinski definition) is 0. The summed E-state index contributed by atoms with van der Waals surface area (Å²) < 4.78 is 0. The van der Waals surface area contributed by atoms with Gasteiger partial charge in [-0.1, -0.05) is 97.1 Å². The maximum absolute atomic E-state index is 2.30. The van der Waals surface area contributed by atoms with Crippen molar-refractivity contribution < 1.29 is 0 Å². The molecule has 5 aromatic rings. The molecule has 0 heterocycles. The Morgan fingerprint density at radius 1 is 0.484 bits per heavy atom. The molecule has 0 fully saturated rings. The molecular formula is C30H23N. The Morgan fingerprint density at radius 2 is 1.03 bits per heavy atom. The van der Waals surface area contributed by atoms with Crippen molar-refractivity contribution in [2.75, 3.05) is 11.9 Å². The zero-order valence-electron chi connectivity index (χ0n) is 17.5. The van der Waals surface area contributed by atoms with E-state index in [0.29, 0.717) is 0 Å². The van der Waals surface area contributed by atoms with Gasteiger partial charge in [-0.05, 0) is 51.4 Å². The van der Waals surface area contributed by atoms with E-state index >= 15 is 0 Å². The molecule has 0 atom stereocenters. The summed E-state index contributed by atoms with van der Waals surface area (Å²) in [6.07, 6.45) is 0. The Kier molecular flexibility index (Phi) is 4.14. The highest BCUT2D eigenvalue weighted by Gasteiger charge is 2.30. The van der Waals surface area contributed by atoms with Crippen LogP contribution in [0.15, 0.2) is 115 Å². The van der Waals surface area contributed by atoms with Gasteiger partial charge in [0.1, 0.15) is 0 Å². The van der Waals surface area contributed by atoms with Crippen LogP contribution in [0.4, 0.5) is 11.4 Å². The van der Waals surface area contributed by atoms with Gasteiger partial charge in [-0.2, -0.15) is 0 Å². The SMILES string of the molecule is CN(c1ccccc1)c1cccc2c(C3c4ccccc4-c4ccccc43)cccc12. The number of benzene rings is 5. The fraction of sp³-hybridized carbons (Fsp3) is 0.0667. The van der Waals surface area contributed by atoms with E-state index in [2.05, 4.69) is 127 Å². The zero-order chi connectivity index (χ0) is 20.8. The molecule has 1 aliphatic carbocycles. The third-order valence-corrected chi connectivity index (χ3v) is 6.58. The number of rotatable bonds is 3. The van der Waals surface area contributed by atoms with E-state index in [1.807, 2.05) is 0 Å². The highest BCUT2D eigenvalue weighted by Crippen LogP contribution is 2.49. The molecule has 0 aromatic heterocycles. The fourth-order valence-corrected chi connectivity index (χ4v) is 5.14. The first-order valence-electron chi connectivity index (χ1n) is 10.8. The van der Waals surface area contributed by atoms with Gasteiger partial charge in [-0.15, -0.1) is 0 Å². The van der Waals surface area contributed by atoms with Crippen LogP contribution in [0.25, 0.3) is 21.9 Å². The summed E-state index contributed by atoms with van der Waals surface area (Å²) in [5, 5.41) is 2.60. The van der Waals surface area contributed by atoms with Crippen molar-refractivity contribution in [2.45, 2.75) is 5.92 Å². The second-order valence-electron chi connectivity index (χ2n) is 8.22. The number of nitrogens with zero attached hydrogens (tertiary/aromatic N) is 1. The molecule has 0 spiro atoms. The lowest BCUT2D eigenvalue weighted by atomic mass is 9.86. The standard InChI is InChI=1S/C30H23N/c1-31(21-11-3-2-4-12-21)29-20-10-17-24-25(29)18-9-19-28(24)30-26-15-7-5-13-22(26)23-14-6-8-16-27(23)30/h2-20,30H,1H3. The quantitative estimate of drug-likeness (QED) is 0.295. The Labute approximate surface area is 183 Å². The van der Waals surface area contributed by atoms with Crippen molar-refractivity contribution in [1.82, 2.24) is 0 Å². The first-order valence-corrected chi connectivity index (χ1v) is 10.8. The summed E-state index contributed by atoms with van der Waals surface area (Å²) in [5.74, 6) is 0.258. The first-order chi connectivity index (χ1) is 15.3. The summed E-state index contributed by atoms with van der Waals surface area (Å²) >= 11 is 0. The molecule has 6 rings (SSSR count). The third kappa shape index (κ3) is 2.78. The monoisotopic (exact) mass is 397 g/mol. The van der Waals surface area contributed by atoms with Gasteiger partial charge in [-0.25, -0.2) is 0 Å². The van der Waals surface area contributed by atoms with Gasteiger partial charge < -0.3 is 4.90 Å². The lowest BCUT2D eigenvalue weighted by Gasteiger charge is -2.23. The molecule has 0 radical (unpaired) electrons. The second-order valence-corrected chi connectivity index (χ2v) is 8.22. The first kappa shape index (κ1) is 18.0. The summed E-state index contributed by atoms with van der Waals surface area (Å²) in [7, 11) is 2.15. The minimum atomic E-state index is 0.258. The van der Waals surface area contributed by atoms with Gasteiger partial charge in [0.15, 0.2) is 0 Å². The van der Waals surface area contributed by atoms with E-state index in [9.17, 15) is 0 Å². The Bertz CT molecular complexity index is 1360. The molecule has 0 aliphatic heterocycles. The van der Waals surface area contributed by atoms with E-state index in [-0.39, 0.29) is 5.92 Å². The Hall–Kier alpha value is -3.84. The predicted molar refractivity (Wildman–Crippen MR) is 131 cm³/mol. The molecule has 0 saturated carbocycles. The Morgan fingerprint density at radius 3 is 1.74 bits per heavy atom. The smallest absolute Gasteiger partial charge is 0.0487 e. The van der Waals surface area contributed by atoms with Crippen LogP contribution in [0.1, 0.15) is 22.6 Å². The van der Waals surface area contributed by atoms with E-state index in [0.717, 1.165) is 0 Å². The van der Waals surface area contributed by atoms with Gasteiger partial charge in [0.2, 0.25) is 0 Å². The van der Waals surface area contributed by atoms with Gasteiger partial charge in [0.05, 0.1) is 0 Å². The van der Waals surface area contributed by atoms with Crippen LogP contribution in [-0.2, 0) is 0 Å². The van der Waals surface area contributed by atoms with Crippen molar-refractivity contribution in [3.8, 4) is 11.1 Å². The molecule has 31 heavy (non-hydrogen) atoms. The minimum Gasteiger partial charge on any atom is -0.344 e. The van der Waals surface area contributed by atoms with Crippen LogP contribution in [0.5, 0.6) is 0 Å². The van der Waals surface area contributed by atoms with Crippen molar-refractivity contribution >= 4 is 22.1 Å². The zero-order valence-corrected chi connectivity index (χ0v) is 17.5. The fourth-order valence-electron chi connectivity index (χ4n) is 5.14. The van der Waals surface area contributed by atoms with Gasteiger partial charge in [0.25, 0.3) is 0 Å². The summed E-state index contributed by atoms with van der Waals surface area (Å²) in [4.78, 5) is 2.28. The average Bonchev–Trinajstić information content (AvgIpc) is 3.18. The van der Waals surface area contributed by atoms with Crippen LogP contribution >= 0.6 is 0 Å². The van der Waals surface area contributed by atoms with Crippen LogP contribution in [0, 0.1) is 0 Å². The molecule has 1 aliphatic rings. The summed E-state index contributed by atoms with van der Waals surface area (Å²) in [6, 6.07) is 41.7. The van der Waals surface area contributed by atoms with Crippen molar-refractivity contribution in [2.24, 2.45) is 0 Å². The molecule has 1 heteroatoms. The van der Waals surface area contributed by atoms with E-state index in [1.54, 1.807) is 0 Å². The lowest BCUT2D eigenvalue weighted by molar-refractivity contribution is 1.03. The number of hydrogen-bond acceptors (Lipinski definition) is 1. The average molecular weight is 398 g/mol.